The topological polar surface area (TPSA) is 9.86 Å². The van der Waals surface area contributed by atoms with Crippen LogP contribution in [0.25, 0.3) is 55.7 Å². The van der Waals surface area contributed by atoms with Crippen LogP contribution < -0.4 is 0 Å². The standard InChI is InChI=1S/C36H26N2/c1-3-11-27(12-4-1)37-33-17-9-7-15-29(33)31-21-19-25(23-35(31)37)26-20-22-32-30-16-8-10-18-34(30)38(36(32)24-26)28-13-5-2-6-14-28/h1-19,21,23-24H,20,22H2. The lowest BCUT2D eigenvalue weighted by Crippen LogP contribution is -2.03. The molecule has 0 saturated heterocycles. The van der Waals surface area contributed by atoms with E-state index in [0.717, 1.165) is 12.8 Å². The third-order valence-corrected chi connectivity index (χ3v) is 8.05. The maximum atomic E-state index is 2.43. The number of benzene rings is 5. The monoisotopic (exact) mass is 486 g/mol. The van der Waals surface area contributed by atoms with E-state index in [1.54, 1.807) is 0 Å². The number of aromatic nitrogens is 2. The van der Waals surface area contributed by atoms with Gasteiger partial charge in [0.15, 0.2) is 0 Å². The highest BCUT2D eigenvalue weighted by molar-refractivity contribution is 6.10. The molecule has 0 atom stereocenters. The van der Waals surface area contributed by atoms with E-state index >= 15 is 0 Å². The van der Waals surface area contributed by atoms with E-state index in [9.17, 15) is 0 Å². The van der Waals surface area contributed by atoms with Crippen molar-refractivity contribution in [3.05, 3.63) is 144 Å². The fourth-order valence-electron chi connectivity index (χ4n) is 6.35. The van der Waals surface area contributed by atoms with Gasteiger partial charge in [0, 0.05) is 27.5 Å². The van der Waals surface area contributed by atoms with Crippen molar-refractivity contribution in [2.24, 2.45) is 0 Å². The van der Waals surface area contributed by atoms with Crippen molar-refractivity contribution in [1.29, 1.82) is 0 Å². The van der Waals surface area contributed by atoms with E-state index in [1.807, 2.05) is 0 Å². The van der Waals surface area contributed by atoms with Gasteiger partial charge in [0.25, 0.3) is 0 Å². The fraction of sp³-hybridized carbons (Fsp3) is 0.0556. The molecule has 0 fully saturated rings. The summed E-state index contributed by atoms with van der Waals surface area (Å²) in [5.74, 6) is 0. The minimum absolute atomic E-state index is 1.03. The van der Waals surface area contributed by atoms with Gasteiger partial charge in [0.2, 0.25) is 0 Å². The molecule has 1 aliphatic rings. The number of hydrogen-bond donors (Lipinski definition) is 0. The zero-order chi connectivity index (χ0) is 25.1. The van der Waals surface area contributed by atoms with E-state index < -0.39 is 0 Å². The zero-order valence-corrected chi connectivity index (χ0v) is 21.0. The molecule has 180 valence electrons. The molecule has 2 heteroatoms. The predicted octanol–water partition coefficient (Wildman–Crippen LogP) is 9.21. The van der Waals surface area contributed by atoms with Crippen molar-refractivity contribution in [3.8, 4) is 11.4 Å². The number of aryl methyl sites for hydroxylation is 1. The van der Waals surface area contributed by atoms with Crippen LogP contribution in [0.5, 0.6) is 0 Å². The predicted molar refractivity (Wildman–Crippen MR) is 160 cm³/mol. The normalized spacial score (nSPS) is 13.2. The van der Waals surface area contributed by atoms with E-state index in [4.69, 9.17) is 0 Å². The molecular weight excluding hydrogens is 460 g/mol. The number of para-hydroxylation sites is 4. The molecule has 0 bridgehead atoms. The minimum atomic E-state index is 1.03. The lowest BCUT2D eigenvalue weighted by molar-refractivity contribution is 0.980. The van der Waals surface area contributed by atoms with E-state index in [-0.39, 0.29) is 0 Å². The Morgan fingerprint density at radius 1 is 0.447 bits per heavy atom. The summed E-state index contributed by atoms with van der Waals surface area (Å²) in [5.41, 5.74) is 11.6. The van der Waals surface area contributed by atoms with Crippen LogP contribution >= 0.6 is 0 Å². The Morgan fingerprint density at radius 2 is 1.03 bits per heavy atom. The first-order chi connectivity index (χ1) is 18.9. The van der Waals surface area contributed by atoms with Crippen LogP contribution in [0, 0.1) is 0 Å². The van der Waals surface area contributed by atoms with Gasteiger partial charge in [0.05, 0.1) is 22.2 Å². The summed E-state index contributed by atoms with van der Waals surface area (Å²) in [6.07, 6.45) is 4.51. The molecule has 38 heavy (non-hydrogen) atoms. The highest BCUT2D eigenvalue weighted by Gasteiger charge is 2.22. The van der Waals surface area contributed by atoms with Crippen LogP contribution in [0.15, 0.2) is 127 Å². The Labute approximate surface area is 221 Å². The van der Waals surface area contributed by atoms with E-state index in [0.29, 0.717) is 0 Å². The molecule has 8 rings (SSSR count). The molecule has 0 aliphatic heterocycles. The molecule has 0 amide bonds. The summed E-state index contributed by atoms with van der Waals surface area (Å²) < 4.78 is 4.84. The van der Waals surface area contributed by atoms with E-state index in [2.05, 4.69) is 143 Å². The quantitative estimate of drug-likeness (QED) is 0.236. The molecule has 2 aromatic heterocycles. The summed E-state index contributed by atoms with van der Waals surface area (Å²) >= 11 is 0. The fourth-order valence-corrected chi connectivity index (χ4v) is 6.35. The van der Waals surface area contributed by atoms with Gasteiger partial charge in [-0.15, -0.1) is 0 Å². The van der Waals surface area contributed by atoms with Gasteiger partial charge in [0.1, 0.15) is 0 Å². The molecule has 0 N–H and O–H groups in total. The second-order valence-electron chi connectivity index (χ2n) is 10.1. The Bertz CT molecular complexity index is 2000. The molecule has 0 radical (unpaired) electrons. The summed E-state index contributed by atoms with van der Waals surface area (Å²) in [6, 6.07) is 46.1. The van der Waals surface area contributed by atoms with Gasteiger partial charge in [-0.05, 0) is 78.1 Å². The maximum Gasteiger partial charge on any atom is 0.0547 e. The molecule has 1 aliphatic carbocycles. The average molecular weight is 487 g/mol. The Balaban J connectivity index is 1.36. The Kier molecular flexibility index (Phi) is 4.68. The van der Waals surface area contributed by atoms with Crippen LogP contribution in [-0.4, -0.2) is 9.13 Å². The average Bonchev–Trinajstić information content (AvgIpc) is 3.50. The van der Waals surface area contributed by atoms with Crippen molar-refractivity contribution in [2.75, 3.05) is 0 Å². The highest BCUT2D eigenvalue weighted by atomic mass is 15.0. The first-order valence-corrected chi connectivity index (χ1v) is 13.3. The van der Waals surface area contributed by atoms with Crippen LogP contribution in [0.1, 0.15) is 23.2 Å². The maximum absolute atomic E-state index is 2.43. The smallest absolute Gasteiger partial charge is 0.0547 e. The van der Waals surface area contributed by atoms with E-state index in [1.165, 1.54) is 66.5 Å². The molecular formula is C36H26N2. The second-order valence-corrected chi connectivity index (χ2v) is 10.1. The summed E-state index contributed by atoms with van der Waals surface area (Å²) in [5, 5.41) is 3.95. The number of fused-ring (bicyclic) bond motifs is 6. The van der Waals surface area contributed by atoms with Crippen LogP contribution in [0.2, 0.25) is 0 Å². The van der Waals surface area contributed by atoms with Gasteiger partial charge in [-0.25, -0.2) is 0 Å². The Hall–Kier alpha value is -4.82. The summed E-state index contributed by atoms with van der Waals surface area (Å²) in [4.78, 5) is 0. The van der Waals surface area contributed by atoms with Crippen molar-refractivity contribution in [2.45, 2.75) is 12.8 Å². The van der Waals surface area contributed by atoms with Crippen molar-refractivity contribution >= 4 is 44.4 Å². The van der Waals surface area contributed by atoms with Crippen LogP contribution in [-0.2, 0) is 6.42 Å². The molecule has 0 spiro atoms. The molecule has 2 heterocycles. The van der Waals surface area contributed by atoms with Crippen LogP contribution in [0.3, 0.4) is 0 Å². The number of rotatable bonds is 3. The third kappa shape index (κ3) is 3.13. The Morgan fingerprint density at radius 3 is 1.76 bits per heavy atom. The summed E-state index contributed by atoms with van der Waals surface area (Å²) in [6.45, 7) is 0. The first kappa shape index (κ1) is 21.3. The number of nitrogens with zero attached hydrogens (tertiary/aromatic N) is 2. The second kappa shape index (κ2) is 8.36. The molecule has 5 aromatic carbocycles. The van der Waals surface area contributed by atoms with Crippen LogP contribution in [0.4, 0.5) is 0 Å². The largest absolute Gasteiger partial charge is 0.310 e. The van der Waals surface area contributed by atoms with Gasteiger partial charge in [-0.2, -0.15) is 0 Å². The molecule has 7 aromatic rings. The molecule has 2 nitrogen and oxygen atoms in total. The van der Waals surface area contributed by atoms with Crippen molar-refractivity contribution in [3.63, 3.8) is 0 Å². The SMILES string of the molecule is C1=C(c2ccc3c4ccccc4n(-c4ccccc4)c3c2)CCc2c1n(-c1ccccc1)c1ccccc21. The van der Waals surface area contributed by atoms with Gasteiger partial charge >= 0.3 is 0 Å². The van der Waals surface area contributed by atoms with Crippen molar-refractivity contribution < 1.29 is 0 Å². The summed E-state index contributed by atoms with van der Waals surface area (Å²) in [7, 11) is 0. The zero-order valence-electron chi connectivity index (χ0n) is 21.0. The number of allylic oxidation sites excluding steroid dienone is 1. The molecule has 0 unspecified atom stereocenters. The third-order valence-electron chi connectivity index (χ3n) is 8.05. The van der Waals surface area contributed by atoms with Gasteiger partial charge in [-0.3, -0.25) is 0 Å². The van der Waals surface area contributed by atoms with Crippen molar-refractivity contribution in [1.82, 2.24) is 9.13 Å². The lowest BCUT2D eigenvalue weighted by Gasteiger charge is -2.18. The van der Waals surface area contributed by atoms with Gasteiger partial charge in [-0.1, -0.05) is 84.9 Å². The first-order valence-electron chi connectivity index (χ1n) is 13.3. The number of hydrogen-bond acceptors (Lipinski definition) is 0. The lowest BCUT2D eigenvalue weighted by atomic mass is 9.90. The minimum Gasteiger partial charge on any atom is -0.310 e. The van der Waals surface area contributed by atoms with Gasteiger partial charge < -0.3 is 9.13 Å². The molecule has 0 saturated carbocycles. The highest BCUT2D eigenvalue weighted by Crippen LogP contribution is 2.40.